The lowest BCUT2D eigenvalue weighted by Gasteiger charge is -2.08. The number of benzene rings is 1. The molecule has 7 heteroatoms. The van der Waals surface area contributed by atoms with Crippen molar-refractivity contribution >= 4 is 34.9 Å². The van der Waals surface area contributed by atoms with Gasteiger partial charge in [-0.05, 0) is 42.0 Å². The van der Waals surface area contributed by atoms with E-state index in [4.69, 9.17) is 10.5 Å². The van der Waals surface area contributed by atoms with Crippen LogP contribution in [0.2, 0.25) is 0 Å². The lowest BCUT2D eigenvalue weighted by atomic mass is 10.1. The third-order valence-corrected chi connectivity index (χ3v) is 3.82. The molecule has 0 unspecified atom stereocenters. The molecule has 0 atom stereocenters. The van der Waals surface area contributed by atoms with Gasteiger partial charge in [-0.1, -0.05) is 12.1 Å². The number of carbonyl (C=O) groups excluding carboxylic acids is 3. The Morgan fingerprint density at radius 1 is 1.43 bits per heavy atom. The topological polar surface area (TPSA) is 89.7 Å². The molecular formula is C14H14N2O4S. The van der Waals surface area contributed by atoms with Gasteiger partial charge in [-0.25, -0.2) is 0 Å². The molecule has 0 spiro atoms. The first-order valence-electron chi connectivity index (χ1n) is 6.10. The van der Waals surface area contributed by atoms with Crippen LogP contribution in [0, 0.1) is 6.92 Å². The summed E-state index contributed by atoms with van der Waals surface area (Å²) in [6.07, 6.45) is 1.59. The van der Waals surface area contributed by atoms with E-state index in [1.165, 1.54) is 0 Å². The number of nitrogens with zero attached hydrogens (tertiary/aromatic N) is 1. The van der Waals surface area contributed by atoms with Crippen LogP contribution >= 0.6 is 11.8 Å². The number of ether oxygens (including phenoxy) is 1. The quantitative estimate of drug-likeness (QED) is 0.852. The largest absolute Gasteiger partial charge is 0.496 e. The molecule has 1 aromatic carbocycles. The standard InChI is InChI=1S/C14H14N2O4S/c1-8-3-4-9(5-10(8)20-2)6-11-13(18)16(7-12(15)17)14(19)21-11/h3-6H,7H2,1-2H3,(H2,15,17)/b11-6-. The molecule has 0 aromatic heterocycles. The van der Waals surface area contributed by atoms with Crippen molar-refractivity contribution in [2.45, 2.75) is 6.92 Å². The minimum atomic E-state index is -0.726. The lowest BCUT2D eigenvalue weighted by molar-refractivity contribution is -0.127. The Balaban J connectivity index is 2.28. The van der Waals surface area contributed by atoms with Crippen LogP contribution in [-0.4, -0.2) is 35.6 Å². The molecule has 0 aliphatic carbocycles. The SMILES string of the molecule is COc1cc(/C=C2\SC(=O)N(CC(N)=O)C2=O)ccc1C. The van der Waals surface area contributed by atoms with E-state index in [1.54, 1.807) is 19.3 Å². The molecule has 1 aromatic rings. The highest BCUT2D eigenvalue weighted by molar-refractivity contribution is 8.18. The summed E-state index contributed by atoms with van der Waals surface area (Å²) in [5.41, 5.74) is 6.73. The summed E-state index contributed by atoms with van der Waals surface area (Å²) in [7, 11) is 1.56. The molecule has 110 valence electrons. The van der Waals surface area contributed by atoms with Crippen molar-refractivity contribution in [2.24, 2.45) is 5.73 Å². The summed E-state index contributed by atoms with van der Waals surface area (Å²) in [6.45, 7) is 1.50. The summed E-state index contributed by atoms with van der Waals surface area (Å²) in [4.78, 5) is 35.7. The van der Waals surface area contributed by atoms with E-state index in [1.807, 2.05) is 19.1 Å². The minimum absolute atomic E-state index is 0.257. The van der Waals surface area contributed by atoms with E-state index in [2.05, 4.69) is 0 Å². The molecule has 0 saturated carbocycles. The molecule has 2 rings (SSSR count). The molecule has 3 amide bonds. The molecular weight excluding hydrogens is 292 g/mol. The van der Waals surface area contributed by atoms with Crippen LogP contribution in [-0.2, 0) is 9.59 Å². The first-order chi connectivity index (χ1) is 9.92. The van der Waals surface area contributed by atoms with E-state index in [0.717, 1.165) is 27.8 Å². The zero-order valence-corrected chi connectivity index (χ0v) is 12.4. The van der Waals surface area contributed by atoms with Crippen LogP contribution in [0.1, 0.15) is 11.1 Å². The maximum Gasteiger partial charge on any atom is 0.294 e. The van der Waals surface area contributed by atoms with Gasteiger partial charge >= 0.3 is 0 Å². The summed E-state index contributed by atoms with van der Waals surface area (Å²) in [5.74, 6) is -0.543. The lowest BCUT2D eigenvalue weighted by Crippen LogP contribution is -2.36. The molecule has 0 radical (unpaired) electrons. The molecule has 6 nitrogen and oxygen atoms in total. The van der Waals surface area contributed by atoms with Gasteiger partial charge in [0, 0.05) is 0 Å². The van der Waals surface area contributed by atoms with Gasteiger partial charge in [-0.3, -0.25) is 19.3 Å². The number of amides is 3. The normalized spacial score (nSPS) is 16.7. The Hall–Kier alpha value is -2.28. The second kappa shape index (κ2) is 6.01. The number of hydrogen-bond acceptors (Lipinski definition) is 5. The third-order valence-electron chi connectivity index (χ3n) is 2.92. The van der Waals surface area contributed by atoms with E-state index in [-0.39, 0.29) is 4.91 Å². The number of imide groups is 1. The first-order valence-corrected chi connectivity index (χ1v) is 6.92. The number of primary amides is 1. The molecule has 1 heterocycles. The van der Waals surface area contributed by atoms with Crippen LogP contribution in [0.3, 0.4) is 0 Å². The van der Waals surface area contributed by atoms with Gasteiger partial charge in [-0.2, -0.15) is 0 Å². The van der Waals surface area contributed by atoms with E-state index < -0.39 is 23.6 Å². The smallest absolute Gasteiger partial charge is 0.294 e. The Morgan fingerprint density at radius 2 is 2.14 bits per heavy atom. The third kappa shape index (κ3) is 3.25. The van der Waals surface area contributed by atoms with Crippen molar-refractivity contribution in [1.82, 2.24) is 4.90 Å². The summed E-state index contributed by atoms with van der Waals surface area (Å²) < 4.78 is 5.21. The van der Waals surface area contributed by atoms with E-state index in [0.29, 0.717) is 5.75 Å². The van der Waals surface area contributed by atoms with Crippen LogP contribution in [0.25, 0.3) is 6.08 Å². The van der Waals surface area contributed by atoms with Gasteiger partial charge in [-0.15, -0.1) is 0 Å². The maximum atomic E-state index is 12.1. The van der Waals surface area contributed by atoms with E-state index >= 15 is 0 Å². The second-order valence-corrected chi connectivity index (χ2v) is 5.46. The molecule has 21 heavy (non-hydrogen) atoms. The highest BCUT2D eigenvalue weighted by atomic mass is 32.2. The van der Waals surface area contributed by atoms with Crippen molar-refractivity contribution in [3.63, 3.8) is 0 Å². The Bertz CT molecular complexity index is 654. The Labute approximate surface area is 125 Å². The first kappa shape index (κ1) is 15.1. The number of hydrogen-bond donors (Lipinski definition) is 1. The number of carbonyl (C=O) groups is 3. The van der Waals surface area contributed by atoms with Crippen LogP contribution < -0.4 is 10.5 Å². The van der Waals surface area contributed by atoms with Gasteiger partial charge in [0.1, 0.15) is 12.3 Å². The highest BCUT2D eigenvalue weighted by Crippen LogP contribution is 2.32. The fraction of sp³-hybridized carbons (Fsp3) is 0.214. The number of rotatable bonds is 4. The van der Waals surface area contributed by atoms with Crippen molar-refractivity contribution in [1.29, 1.82) is 0 Å². The molecule has 2 N–H and O–H groups in total. The summed E-state index contributed by atoms with van der Waals surface area (Å²) >= 11 is 0.786. The van der Waals surface area contributed by atoms with Crippen LogP contribution in [0.15, 0.2) is 23.1 Å². The van der Waals surface area contributed by atoms with Gasteiger partial charge in [0.2, 0.25) is 5.91 Å². The summed E-state index contributed by atoms with van der Waals surface area (Å²) in [5, 5.41) is -0.496. The zero-order valence-electron chi connectivity index (χ0n) is 11.6. The van der Waals surface area contributed by atoms with Gasteiger partial charge in [0.25, 0.3) is 11.1 Å². The van der Waals surface area contributed by atoms with Crippen LogP contribution in [0.5, 0.6) is 5.75 Å². The van der Waals surface area contributed by atoms with Crippen molar-refractivity contribution in [2.75, 3.05) is 13.7 Å². The highest BCUT2D eigenvalue weighted by Gasteiger charge is 2.35. The maximum absolute atomic E-state index is 12.1. The molecule has 1 aliphatic rings. The monoisotopic (exact) mass is 306 g/mol. The number of thioether (sulfide) groups is 1. The second-order valence-electron chi connectivity index (χ2n) is 4.46. The fourth-order valence-corrected chi connectivity index (χ4v) is 2.71. The number of nitrogens with two attached hydrogens (primary N) is 1. The van der Waals surface area contributed by atoms with Crippen molar-refractivity contribution < 1.29 is 19.1 Å². The van der Waals surface area contributed by atoms with Gasteiger partial charge < -0.3 is 10.5 Å². The van der Waals surface area contributed by atoms with Crippen molar-refractivity contribution in [3.8, 4) is 5.75 Å². The molecule has 0 bridgehead atoms. The number of methoxy groups -OCH3 is 1. The fourth-order valence-electron chi connectivity index (χ4n) is 1.87. The predicted molar refractivity (Wildman–Crippen MR) is 79.6 cm³/mol. The Kier molecular flexibility index (Phi) is 4.32. The predicted octanol–water partition coefficient (Wildman–Crippen LogP) is 1.53. The van der Waals surface area contributed by atoms with Gasteiger partial charge in [0.05, 0.1) is 12.0 Å². The molecule has 1 fully saturated rings. The average molecular weight is 306 g/mol. The summed E-state index contributed by atoms with van der Waals surface area (Å²) in [6, 6.07) is 5.45. The van der Waals surface area contributed by atoms with Crippen molar-refractivity contribution in [3.05, 3.63) is 34.2 Å². The molecule has 1 saturated heterocycles. The molecule has 1 aliphatic heterocycles. The van der Waals surface area contributed by atoms with E-state index in [9.17, 15) is 14.4 Å². The Morgan fingerprint density at radius 3 is 2.76 bits per heavy atom. The zero-order chi connectivity index (χ0) is 15.6. The number of aryl methyl sites for hydroxylation is 1. The average Bonchev–Trinajstić information content (AvgIpc) is 2.68. The minimum Gasteiger partial charge on any atom is -0.496 e. The van der Waals surface area contributed by atoms with Crippen LogP contribution in [0.4, 0.5) is 4.79 Å². The van der Waals surface area contributed by atoms with Gasteiger partial charge in [0.15, 0.2) is 0 Å².